The van der Waals surface area contributed by atoms with Gasteiger partial charge in [0.25, 0.3) is 0 Å². The minimum absolute atomic E-state index is 0.114. The Bertz CT molecular complexity index is 718. The molecule has 0 amide bonds. The van der Waals surface area contributed by atoms with E-state index in [0.717, 1.165) is 50.0 Å². The predicted molar refractivity (Wildman–Crippen MR) is 85.7 cm³/mol. The summed E-state index contributed by atoms with van der Waals surface area (Å²) in [6.07, 6.45) is 0.114. The Kier molecular flexibility index (Phi) is 4.70. The Morgan fingerprint density at radius 1 is 1.39 bits per heavy atom. The number of morpholine rings is 1. The Morgan fingerprint density at radius 3 is 3.00 bits per heavy atom. The number of nitriles is 1. The fourth-order valence-electron chi connectivity index (χ4n) is 2.96. The first kappa shape index (κ1) is 15.7. The number of aryl methyl sites for hydroxylation is 2. The second kappa shape index (κ2) is 6.90. The zero-order chi connectivity index (χ0) is 16.2. The van der Waals surface area contributed by atoms with Crippen molar-refractivity contribution >= 4 is 0 Å². The highest BCUT2D eigenvalue weighted by Gasteiger charge is 2.22. The second-order valence-corrected chi connectivity index (χ2v) is 5.93. The van der Waals surface area contributed by atoms with E-state index in [0.29, 0.717) is 5.56 Å². The summed E-state index contributed by atoms with van der Waals surface area (Å²) in [7, 11) is 0. The molecule has 2 heterocycles. The molecule has 1 aliphatic heterocycles. The van der Waals surface area contributed by atoms with Crippen molar-refractivity contribution in [1.29, 1.82) is 5.26 Å². The quantitative estimate of drug-likeness (QED) is 0.859. The Hall–Kier alpha value is -2.23. The molecule has 0 N–H and O–H groups in total. The molecule has 1 saturated heterocycles. The molecule has 1 fully saturated rings. The van der Waals surface area contributed by atoms with Crippen molar-refractivity contribution in [2.75, 3.05) is 19.7 Å². The van der Waals surface area contributed by atoms with E-state index >= 15 is 0 Å². The lowest BCUT2D eigenvalue weighted by Crippen LogP contribution is -2.44. The second-order valence-electron chi connectivity index (χ2n) is 5.93. The monoisotopic (exact) mass is 311 g/mol. The van der Waals surface area contributed by atoms with E-state index in [9.17, 15) is 0 Å². The van der Waals surface area contributed by atoms with Crippen molar-refractivity contribution < 1.29 is 4.74 Å². The van der Waals surface area contributed by atoms with Gasteiger partial charge in [0.1, 0.15) is 11.6 Å². The minimum atomic E-state index is 0.114. The van der Waals surface area contributed by atoms with Crippen LogP contribution in [0.2, 0.25) is 0 Å². The smallest absolute Gasteiger partial charge is 0.147 e. The molecule has 3 rings (SSSR count). The van der Waals surface area contributed by atoms with Crippen LogP contribution in [-0.2, 0) is 17.8 Å². The van der Waals surface area contributed by atoms with Crippen LogP contribution in [0.4, 0.5) is 0 Å². The number of hydrogen-bond acceptors (Lipinski definition) is 5. The van der Waals surface area contributed by atoms with E-state index in [-0.39, 0.29) is 6.10 Å². The molecule has 0 unspecified atom stereocenters. The Labute approximate surface area is 136 Å². The summed E-state index contributed by atoms with van der Waals surface area (Å²) in [5, 5.41) is 13.4. The van der Waals surface area contributed by atoms with Crippen LogP contribution in [-0.4, -0.2) is 45.5 Å². The van der Waals surface area contributed by atoms with E-state index in [1.165, 1.54) is 0 Å². The summed E-state index contributed by atoms with van der Waals surface area (Å²) >= 11 is 0. The summed E-state index contributed by atoms with van der Waals surface area (Å²) < 4.78 is 7.79. The largest absolute Gasteiger partial charge is 0.374 e. The van der Waals surface area contributed by atoms with Gasteiger partial charge in [0, 0.05) is 19.6 Å². The molecule has 6 nitrogen and oxygen atoms in total. The molecule has 0 radical (unpaired) electrons. The lowest BCUT2D eigenvalue weighted by molar-refractivity contribution is -0.0405. The van der Waals surface area contributed by atoms with Crippen LogP contribution in [0.15, 0.2) is 24.3 Å². The first-order valence-electron chi connectivity index (χ1n) is 7.85. The van der Waals surface area contributed by atoms with Gasteiger partial charge in [-0.3, -0.25) is 4.90 Å². The lowest BCUT2D eigenvalue weighted by Gasteiger charge is -2.33. The summed E-state index contributed by atoms with van der Waals surface area (Å²) in [5.41, 5.74) is 1.87. The normalized spacial score (nSPS) is 18.7. The van der Waals surface area contributed by atoms with Crippen LogP contribution in [0.3, 0.4) is 0 Å². The molecule has 23 heavy (non-hydrogen) atoms. The van der Waals surface area contributed by atoms with Gasteiger partial charge in [-0.2, -0.15) is 10.4 Å². The molecule has 1 atom stereocenters. The highest BCUT2D eigenvalue weighted by atomic mass is 16.5. The number of nitrogens with zero attached hydrogens (tertiary/aromatic N) is 5. The van der Waals surface area contributed by atoms with Crippen LogP contribution in [0, 0.1) is 25.2 Å². The predicted octanol–water partition coefficient (Wildman–Crippen LogP) is 1.67. The van der Waals surface area contributed by atoms with Gasteiger partial charge in [-0.25, -0.2) is 9.67 Å². The maximum atomic E-state index is 9.00. The van der Waals surface area contributed by atoms with Gasteiger partial charge in [0.05, 0.1) is 30.9 Å². The van der Waals surface area contributed by atoms with Gasteiger partial charge < -0.3 is 4.74 Å². The van der Waals surface area contributed by atoms with Crippen LogP contribution < -0.4 is 0 Å². The van der Waals surface area contributed by atoms with Gasteiger partial charge in [-0.15, -0.1) is 0 Å². The number of ether oxygens (including phenoxy) is 1. The minimum Gasteiger partial charge on any atom is -0.374 e. The summed E-state index contributed by atoms with van der Waals surface area (Å²) in [4.78, 5) is 6.70. The molecule has 2 aromatic rings. The number of aromatic nitrogens is 3. The highest BCUT2D eigenvalue weighted by Crippen LogP contribution is 2.13. The average Bonchev–Trinajstić information content (AvgIpc) is 2.85. The number of rotatable bonds is 4. The van der Waals surface area contributed by atoms with E-state index in [1.54, 1.807) is 0 Å². The van der Waals surface area contributed by atoms with Crippen molar-refractivity contribution in [3.63, 3.8) is 0 Å². The SMILES string of the molecule is Cc1nc(C)n(C[C@H]2CN(Cc3cccc(C#N)c3)CCO2)n1. The molecule has 0 saturated carbocycles. The molecule has 0 spiro atoms. The Morgan fingerprint density at radius 2 is 2.26 bits per heavy atom. The van der Waals surface area contributed by atoms with Gasteiger partial charge in [0.15, 0.2) is 0 Å². The van der Waals surface area contributed by atoms with Crippen molar-refractivity contribution in [2.24, 2.45) is 0 Å². The molecule has 0 aliphatic carbocycles. The van der Waals surface area contributed by atoms with Crippen molar-refractivity contribution in [1.82, 2.24) is 19.7 Å². The van der Waals surface area contributed by atoms with Gasteiger partial charge >= 0.3 is 0 Å². The van der Waals surface area contributed by atoms with E-state index in [2.05, 4.69) is 27.1 Å². The van der Waals surface area contributed by atoms with E-state index < -0.39 is 0 Å². The molecular formula is C17H21N5O. The maximum absolute atomic E-state index is 9.00. The first-order valence-corrected chi connectivity index (χ1v) is 7.85. The summed E-state index contributed by atoms with van der Waals surface area (Å²) in [5.74, 6) is 1.72. The number of hydrogen-bond donors (Lipinski definition) is 0. The van der Waals surface area contributed by atoms with Gasteiger partial charge in [-0.05, 0) is 31.5 Å². The molecule has 120 valence electrons. The first-order chi connectivity index (χ1) is 11.1. The van der Waals surface area contributed by atoms with Crippen molar-refractivity contribution in [2.45, 2.75) is 33.0 Å². The Balaban J connectivity index is 1.62. The van der Waals surface area contributed by atoms with Crippen LogP contribution in [0.1, 0.15) is 22.8 Å². The molecule has 6 heteroatoms. The van der Waals surface area contributed by atoms with Gasteiger partial charge in [0.2, 0.25) is 0 Å². The fourth-order valence-corrected chi connectivity index (χ4v) is 2.96. The molecular weight excluding hydrogens is 290 g/mol. The zero-order valence-corrected chi connectivity index (χ0v) is 13.6. The topological polar surface area (TPSA) is 67.0 Å². The molecule has 1 aromatic carbocycles. The lowest BCUT2D eigenvalue weighted by atomic mass is 10.1. The van der Waals surface area contributed by atoms with Crippen molar-refractivity contribution in [3.05, 3.63) is 47.0 Å². The van der Waals surface area contributed by atoms with E-state index in [4.69, 9.17) is 10.00 Å². The molecule has 1 aliphatic rings. The third-order valence-corrected chi connectivity index (χ3v) is 4.02. The van der Waals surface area contributed by atoms with E-state index in [1.807, 2.05) is 36.7 Å². The molecule has 1 aromatic heterocycles. The standard InChI is InChI=1S/C17H21N5O/c1-13-19-14(2)22(20-13)12-17-11-21(6-7-23-17)10-16-5-3-4-15(8-16)9-18/h3-5,8,17H,6-7,10-12H2,1-2H3/t17-/m1/s1. The highest BCUT2D eigenvalue weighted by molar-refractivity contribution is 5.32. The maximum Gasteiger partial charge on any atom is 0.147 e. The van der Waals surface area contributed by atoms with Crippen molar-refractivity contribution in [3.8, 4) is 6.07 Å². The summed E-state index contributed by atoms with van der Waals surface area (Å²) in [6, 6.07) is 9.98. The zero-order valence-electron chi connectivity index (χ0n) is 13.6. The molecule has 0 bridgehead atoms. The third kappa shape index (κ3) is 3.95. The van der Waals surface area contributed by atoms with Crippen LogP contribution in [0.5, 0.6) is 0 Å². The number of benzene rings is 1. The third-order valence-electron chi connectivity index (χ3n) is 4.02. The fraction of sp³-hybridized carbons (Fsp3) is 0.471. The average molecular weight is 311 g/mol. The van der Waals surface area contributed by atoms with Crippen LogP contribution >= 0.6 is 0 Å². The van der Waals surface area contributed by atoms with Gasteiger partial charge in [-0.1, -0.05) is 12.1 Å². The van der Waals surface area contributed by atoms with Crippen LogP contribution in [0.25, 0.3) is 0 Å². The summed E-state index contributed by atoms with van der Waals surface area (Å²) in [6.45, 7) is 7.91.